The highest BCUT2D eigenvalue weighted by Crippen LogP contribution is 2.33. The zero-order valence-electron chi connectivity index (χ0n) is 16.8. The second-order valence-corrected chi connectivity index (χ2v) is 8.21. The predicted octanol–water partition coefficient (Wildman–Crippen LogP) is 2.14. The molecule has 27 heavy (non-hydrogen) atoms. The lowest BCUT2D eigenvalue weighted by atomic mass is 10.1. The summed E-state index contributed by atoms with van der Waals surface area (Å²) < 4.78 is 2.36. The van der Waals surface area contributed by atoms with E-state index < -0.39 is 11.2 Å². The minimum atomic E-state index is -0.680. The minimum Gasteiger partial charge on any atom is -0.341 e. The van der Waals surface area contributed by atoms with Crippen molar-refractivity contribution in [1.82, 2.24) is 14.0 Å². The SMILES string of the molecule is CC(C)CCN(CCC(C)C)C(=O)Cn1c(=O)c(C#N)cn(C2CC2)c1=O. The van der Waals surface area contributed by atoms with Crippen LogP contribution in [0.5, 0.6) is 0 Å². The van der Waals surface area contributed by atoms with Crippen molar-refractivity contribution in [3.8, 4) is 6.07 Å². The highest BCUT2D eigenvalue weighted by molar-refractivity contribution is 5.76. The molecular weight excluding hydrogens is 344 g/mol. The Kier molecular flexibility index (Phi) is 7.00. The van der Waals surface area contributed by atoms with Crippen molar-refractivity contribution < 1.29 is 4.79 Å². The highest BCUT2D eigenvalue weighted by Gasteiger charge is 2.27. The molecule has 0 N–H and O–H groups in total. The summed E-state index contributed by atoms with van der Waals surface area (Å²) in [6, 6.07) is 1.88. The standard InChI is InChI=1S/C20H30N4O3/c1-14(2)7-9-22(10-8-15(3)4)18(25)13-24-19(26)16(11-21)12-23(20(24)27)17-5-6-17/h12,14-15,17H,5-10,13H2,1-4H3. The summed E-state index contributed by atoms with van der Waals surface area (Å²) in [7, 11) is 0. The minimum absolute atomic E-state index is 0.0320. The number of carbonyl (C=O) groups excluding carboxylic acids is 1. The van der Waals surface area contributed by atoms with Crippen LogP contribution in [0.2, 0.25) is 0 Å². The van der Waals surface area contributed by atoms with E-state index in [1.165, 1.54) is 10.8 Å². The van der Waals surface area contributed by atoms with Crippen molar-refractivity contribution in [3.63, 3.8) is 0 Å². The quantitative estimate of drug-likeness (QED) is 0.662. The number of hydrogen-bond acceptors (Lipinski definition) is 4. The maximum absolute atomic E-state index is 12.9. The molecule has 7 heteroatoms. The summed E-state index contributed by atoms with van der Waals surface area (Å²) in [5.74, 6) is 0.667. The maximum Gasteiger partial charge on any atom is 0.331 e. The van der Waals surface area contributed by atoms with Crippen LogP contribution < -0.4 is 11.2 Å². The van der Waals surface area contributed by atoms with Crippen LogP contribution in [0, 0.1) is 23.2 Å². The van der Waals surface area contributed by atoms with Crippen LogP contribution in [-0.4, -0.2) is 33.0 Å². The summed E-state index contributed by atoms with van der Waals surface area (Å²) in [6.45, 7) is 9.29. The number of aromatic nitrogens is 2. The van der Waals surface area contributed by atoms with Gasteiger partial charge < -0.3 is 4.90 Å². The van der Waals surface area contributed by atoms with Crippen LogP contribution >= 0.6 is 0 Å². The fourth-order valence-electron chi connectivity index (χ4n) is 2.88. The van der Waals surface area contributed by atoms with Gasteiger partial charge in [-0.1, -0.05) is 27.7 Å². The molecule has 7 nitrogen and oxygen atoms in total. The van der Waals surface area contributed by atoms with E-state index in [1.807, 2.05) is 6.07 Å². The zero-order chi connectivity index (χ0) is 20.1. The maximum atomic E-state index is 12.9. The summed E-state index contributed by atoms with van der Waals surface area (Å²) in [6.07, 6.45) is 4.77. The second-order valence-electron chi connectivity index (χ2n) is 8.21. The van der Waals surface area contributed by atoms with Gasteiger partial charge in [-0.2, -0.15) is 5.26 Å². The first-order valence-electron chi connectivity index (χ1n) is 9.78. The Labute approximate surface area is 160 Å². The van der Waals surface area contributed by atoms with Crippen molar-refractivity contribution in [3.05, 3.63) is 32.6 Å². The summed E-state index contributed by atoms with van der Waals surface area (Å²) in [4.78, 5) is 39.8. The Hall–Kier alpha value is -2.36. The van der Waals surface area contributed by atoms with Crippen LogP contribution in [0.1, 0.15) is 65.0 Å². The third-order valence-corrected chi connectivity index (χ3v) is 4.86. The molecule has 1 aliphatic carbocycles. The molecule has 0 atom stereocenters. The molecule has 2 rings (SSSR count). The van der Waals surface area contributed by atoms with Crippen LogP contribution in [-0.2, 0) is 11.3 Å². The van der Waals surface area contributed by atoms with Gasteiger partial charge in [0.2, 0.25) is 5.91 Å². The normalized spacial score (nSPS) is 13.8. The Balaban J connectivity index is 2.27. The van der Waals surface area contributed by atoms with Gasteiger partial charge in [-0.25, -0.2) is 9.36 Å². The summed E-state index contributed by atoms with van der Waals surface area (Å²) in [5.41, 5.74) is -1.27. The third kappa shape index (κ3) is 5.56. The number of nitriles is 1. The van der Waals surface area contributed by atoms with E-state index in [4.69, 9.17) is 0 Å². The fraction of sp³-hybridized carbons (Fsp3) is 0.700. The van der Waals surface area contributed by atoms with E-state index in [1.54, 1.807) is 4.90 Å². The van der Waals surface area contributed by atoms with Gasteiger partial charge in [0.1, 0.15) is 18.2 Å². The van der Waals surface area contributed by atoms with Gasteiger partial charge in [-0.05, 0) is 37.5 Å². The predicted molar refractivity (Wildman–Crippen MR) is 103 cm³/mol. The molecule has 0 saturated heterocycles. The van der Waals surface area contributed by atoms with Crippen molar-refractivity contribution in [2.24, 2.45) is 11.8 Å². The number of carbonyl (C=O) groups is 1. The zero-order valence-corrected chi connectivity index (χ0v) is 16.8. The van der Waals surface area contributed by atoms with Gasteiger partial charge in [0, 0.05) is 25.3 Å². The Morgan fingerprint density at radius 1 is 1.19 bits per heavy atom. The van der Waals surface area contributed by atoms with Gasteiger partial charge in [-0.3, -0.25) is 14.2 Å². The molecule has 1 saturated carbocycles. The van der Waals surface area contributed by atoms with E-state index in [0.717, 1.165) is 30.3 Å². The Bertz CT molecular complexity index is 813. The Morgan fingerprint density at radius 2 is 1.74 bits per heavy atom. The third-order valence-electron chi connectivity index (χ3n) is 4.86. The Morgan fingerprint density at radius 3 is 2.19 bits per heavy atom. The molecule has 1 aliphatic rings. The fourth-order valence-corrected chi connectivity index (χ4v) is 2.88. The van der Waals surface area contributed by atoms with Gasteiger partial charge in [-0.15, -0.1) is 0 Å². The highest BCUT2D eigenvalue weighted by atomic mass is 16.2. The lowest BCUT2D eigenvalue weighted by Crippen LogP contribution is -2.46. The average molecular weight is 374 g/mol. The number of rotatable bonds is 9. The first kappa shape index (κ1) is 20.9. The van der Waals surface area contributed by atoms with Crippen molar-refractivity contribution >= 4 is 5.91 Å². The molecule has 0 radical (unpaired) electrons. The number of amides is 1. The van der Waals surface area contributed by atoms with Gasteiger partial charge >= 0.3 is 5.69 Å². The molecule has 0 aromatic carbocycles. The molecule has 0 bridgehead atoms. The van der Waals surface area contributed by atoms with Crippen molar-refractivity contribution in [2.45, 2.75) is 66.0 Å². The smallest absolute Gasteiger partial charge is 0.331 e. The van der Waals surface area contributed by atoms with E-state index in [-0.39, 0.29) is 24.1 Å². The molecule has 1 heterocycles. The topological polar surface area (TPSA) is 88.1 Å². The summed E-state index contributed by atoms with van der Waals surface area (Å²) in [5, 5.41) is 9.22. The lowest BCUT2D eigenvalue weighted by Gasteiger charge is -2.25. The van der Waals surface area contributed by atoms with E-state index >= 15 is 0 Å². The molecule has 1 aromatic rings. The van der Waals surface area contributed by atoms with Gasteiger partial charge in [0.15, 0.2) is 0 Å². The lowest BCUT2D eigenvalue weighted by molar-refractivity contribution is -0.132. The van der Waals surface area contributed by atoms with E-state index in [9.17, 15) is 19.6 Å². The van der Waals surface area contributed by atoms with Gasteiger partial charge in [0.25, 0.3) is 5.56 Å². The van der Waals surface area contributed by atoms with Crippen molar-refractivity contribution in [2.75, 3.05) is 13.1 Å². The monoisotopic (exact) mass is 374 g/mol. The van der Waals surface area contributed by atoms with Crippen LogP contribution in [0.4, 0.5) is 0 Å². The molecule has 0 unspecified atom stereocenters. The summed E-state index contributed by atoms with van der Waals surface area (Å²) >= 11 is 0. The first-order chi connectivity index (χ1) is 12.7. The average Bonchev–Trinajstić information content (AvgIpc) is 3.43. The van der Waals surface area contributed by atoms with Crippen LogP contribution in [0.25, 0.3) is 0 Å². The van der Waals surface area contributed by atoms with Gasteiger partial charge in [0.05, 0.1) is 0 Å². The molecule has 0 aliphatic heterocycles. The first-order valence-corrected chi connectivity index (χ1v) is 9.78. The van der Waals surface area contributed by atoms with Crippen LogP contribution in [0.3, 0.4) is 0 Å². The van der Waals surface area contributed by atoms with Crippen LogP contribution in [0.15, 0.2) is 15.8 Å². The van der Waals surface area contributed by atoms with E-state index in [2.05, 4.69) is 27.7 Å². The number of hydrogen-bond donors (Lipinski definition) is 0. The molecule has 148 valence electrons. The van der Waals surface area contributed by atoms with E-state index in [0.29, 0.717) is 24.9 Å². The molecule has 1 aromatic heterocycles. The number of nitrogens with zero attached hydrogens (tertiary/aromatic N) is 4. The molecule has 1 amide bonds. The molecular formula is C20H30N4O3. The second kappa shape index (κ2) is 9.03. The molecule has 0 spiro atoms. The van der Waals surface area contributed by atoms with Crippen molar-refractivity contribution in [1.29, 1.82) is 5.26 Å². The largest absolute Gasteiger partial charge is 0.341 e. The molecule has 1 fully saturated rings.